The number of aromatic nitrogens is 3. The van der Waals surface area contributed by atoms with Gasteiger partial charge < -0.3 is 4.74 Å². The summed E-state index contributed by atoms with van der Waals surface area (Å²) in [6, 6.07) is 4.01. The lowest BCUT2D eigenvalue weighted by Crippen LogP contribution is -2.04. The molecular weight excluding hydrogens is 238 g/mol. The van der Waals surface area contributed by atoms with Crippen LogP contribution in [0.3, 0.4) is 0 Å². The summed E-state index contributed by atoms with van der Waals surface area (Å²) in [5, 5.41) is 0. The zero-order valence-electron chi connectivity index (χ0n) is 11.3. The molecule has 98 valence electrons. The second-order valence-corrected chi connectivity index (χ2v) is 5.08. The second kappa shape index (κ2) is 4.96. The van der Waals surface area contributed by atoms with E-state index in [-0.39, 0.29) is 0 Å². The number of aryl methyl sites for hydroxylation is 2. The predicted octanol–water partition coefficient (Wildman–Crippen LogP) is 2.94. The first-order valence-corrected chi connectivity index (χ1v) is 6.62. The Labute approximate surface area is 112 Å². The van der Waals surface area contributed by atoms with E-state index >= 15 is 0 Å². The van der Waals surface area contributed by atoms with Gasteiger partial charge in [-0.25, -0.2) is 4.98 Å². The number of pyridine rings is 1. The molecule has 1 aliphatic carbocycles. The molecule has 1 saturated carbocycles. The van der Waals surface area contributed by atoms with Crippen LogP contribution in [0.5, 0.6) is 5.88 Å². The average molecular weight is 255 g/mol. The second-order valence-electron chi connectivity index (χ2n) is 5.08. The Kier molecular flexibility index (Phi) is 3.15. The third kappa shape index (κ3) is 2.89. The molecule has 0 N–H and O–H groups in total. The smallest absolute Gasteiger partial charge is 0.224 e. The Morgan fingerprint density at radius 3 is 2.68 bits per heavy atom. The summed E-state index contributed by atoms with van der Waals surface area (Å²) in [5.74, 6) is 2.11. The maximum atomic E-state index is 5.85. The Balaban J connectivity index is 1.91. The van der Waals surface area contributed by atoms with E-state index in [1.54, 1.807) is 0 Å². The molecule has 0 atom stereocenters. The Morgan fingerprint density at radius 2 is 2.00 bits per heavy atom. The normalized spacial score (nSPS) is 14.4. The molecule has 0 radical (unpaired) electrons. The van der Waals surface area contributed by atoms with Crippen molar-refractivity contribution in [1.82, 2.24) is 15.0 Å². The van der Waals surface area contributed by atoms with Crippen molar-refractivity contribution in [3.63, 3.8) is 0 Å². The SMILES string of the molecule is Cc1ccc(-c2cnc(C)nc2OCC2CC2)cn1. The van der Waals surface area contributed by atoms with Gasteiger partial charge in [0.05, 0.1) is 12.2 Å². The molecule has 19 heavy (non-hydrogen) atoms. The van der Waals surface area contributed by atoms with Crippen molar-refractivity contribution < 1.29 is 4.74 Å². The van der Waals surface area contributed by atoms with Crippen LogP contribution < -0.4 is 4.74 Å². The van der Waals surface area contributed by atoms with Crippen LogP contribution >= 0.6 is 0 Å². The van der Waals surface area contributed by atoms with Crippen molar-refractivity contribution in [1.29, 1.82) is 0 Å². The molecule has 0 unspecified atom stereocenters. The van der Waals surface area contributed by atoms with Crippen LogP contribution in [0.1, 0.15) is 24.4 Å². The summed E-state index contributed by atoms with van der Waals surface area (Å²) in [6.07, 6.45) is 6.20. The number of nitrogens with zero attached hydrogens (tertiary/aromatic N) is 3. The maximum absolute atomic E-state index is 5.85. The lowest BCUT2D eigenvalue weighted by molar-refractivity contribution is 0.288. The van der Waals surface area contributed by atoms with E-state index in [2.05, 4.69) is 15.0 Å². The number of ether oxygens (including phenoxy) is 1. The van der Waals surface area contributed by atoms with Crippen LogP contribution in [0.25, 0.3) is 11.1 Å². The van der Waals surface area contributed by atoms with Gasteiger partial charge in [-0.15, -0.1) is 0 Å². The highest BCUT2D eigenvalue weighted by Crippen LogP contribution is 2.32. The summed E-state index contributed by atoms with van der Waals surface area (Å²) in [5.41, 5.74) is 2.91. The van der Waals surface area contributed by atoms with Gasteiger partial charge in [-0.2, -0.15) is 4.98 Å². The Hall–Kier alpha value is -1.97. The fourth-order valence-electron chi connectivity index (χ4n) is 1.87. The quantitative estimate of drug-likeness (QED) is 0.842. The van der Waals surface area contributed by atoms with Crippen LogP contribution in [-0.4, -0.2) is 21.6 Å². The highest BCUT2D eigenvalue weighted by Gasteiger charge is 2.23. The van der Waals surface area contributed by atoms with Gasteiger partial charge in [-0.05, 0) is 38.7 Å². The van der Waals surface area contributed by atoms with Crippen LogP contribution in [-0.2, 0) is 0 Å². The van der Waals surface area contributed by atoms with E-state index < -0.39 is 0 Å². The first-order valence-electron chi connectivity index (χ1n) is 6.62. The summed E-state index contributed by atoms with van der Waals surface area (Å²) in [6.45, 7) is 4.60. The molecule has 2 aromatic heterocycles. The third-order valence-corrected chi connectivity index (χ3v) is 3.25. The van der Waals surface area contributed by atoms with Crippen molar-refractivity contribution in [2.24, 2.45) is 5.92 Å². The van der Waals surface area contributed by atoms with E-state index in [0.29, 0.717) is 11.8 Å². The van der Waals surface area contributed by atoms with Crippen molar-refractivity contribution in [2.45, 2.75) is 26.7 Å². The van der Waals surface area contributed by atoms with Crippen molar-refractivity contribution in [2.75, 3.05) is 6.61 Å². The van der Waals surface area contributed by atoms with Crippen molar-refractivity contribution in [3.05, 3.63) is 36.0 Å². The van der Waals surface area contributed by atoms with Gasteiger partial charge in [0, 0.05) is 23.7 Å². The minimum absolute atomic E-state index is 0.671. The minimum atomic E-state index is 0.671. The van der Waals surface area contributed by atoms with E-state index in [0.717, 1.165) is 29.3 Å². The molecule has 0 aromatic carbocycles. The fourth-order valence-corrected chi connectivity index (χ4v) is 1.87. The van der Waals surface area contributed by atoms with Crippen LogP contribution in [0, 0.1) is 19.8 Å². The summed E-state index contributed by atoms with van der Waals surface area (Å²) < 4.78 is 5.85. The standard InChI is InChI=1S/C15H17N3O/c1-10-3-6-13(7-16-10)14-8-17-11(2)18-15(14)19-9-12-4-5-12/h3,6-8,12H,4-5,9H2,1-2H3. The van der Waals surface area contributed by atoms with Crippen LogP contribution in [0.2, 0.25) is 0 Å². The number of rotatable bonds is 4. The van der Waals surface area contributed by atoms with E-state index in [9.17, 15) is 0 Å². The summed E-state index contributed by atoms with van der Waals surface area (Å²) in [4.78, 5) is 13.0. The molecule has 2 heterocycles. The first kappa shape index (κ1) is 12.1. The van der Waals surface area contributed by atoms with Gasteiger partial charge in [0.25, 0.3) is 0 Å². The molecule has 1 aliphatic rings. The van der Waals surface area contributed by atoms with Gasteiger partial charge >= 0.3 is 0 Å². The topological polar surface area (TPSA) is 47.9 Å². The van der Waals surface area contributed by atoms with Crippen molar-refractivity contribution >= 4 is 0 Å². The molecule has 0 spiro atoms. The third-order valence-electron chi connectivity index (χ3n) is 3.25. The molecule has 1 fully saturated rings. The lowest BCUT2D eigenvalue weighted by Gasteiger charge is -2.10. The molecule has 4 nitrogen and oxygen atoms in total. The molecule has 3 rings (SSSR count). The monoisotopic (exact) mass is 255 g/mol. The molecule has 0 saturated heterocycles. The van der Waals surface area contributed by atoms with E-state index in [1.165, 1.54) is 12.8 Å². The van der Waals surface area contributed by atoms with Crippen LogP contribution in [0.15, 0.2) is 24.5 Å². The van der Waals surface area contributed by atoms with Gasteiger partial charge in [0.2, 0.25) is 5.88 Å². The summed E-state index contributed by atoms with van der Waals surface area (Å²) >= 11 is 0. The number of hydrogen-bond donors (Lipinski definition) is 0. The lowest BCUT2D eigenvalue weighted by atomic mass is 10.1. The van der Waals surface area contributed by atoms with E-state index in [1.807, 2.05) is 38.4 Å². The highest BCUT2D eigenvalue weighted by molar-refractivity contribution is 5.66. The molecule has 0 aliphatic heterocycles. The van der Waals surface area contributed by atoms with Crippen molar-refractivity contribution in [3.8, 4) is 17.0 Å². The first-order chi connectivity index (χ1) is 9.22. The zero-order valence-corrected chi connectivity index (χ0v) is 11.3. The van der Waals surface area contributed by atoms with Gasteiger partial charge in [0.15, 0.2) is 0 Å². The van der Waals surface area contributed by atoms with Gasteiger partial charge in [-0.3, -0.25) is 4.98 Å². The predicted molar refractivity (Wildman–Crippen MR) is 73.0 cm³/mol. The minimum Gasteiger partial charge on any atom is -0.477 e. The van der Waals surface area contributed by atoms with E-state index in [4.69, 9.17) is 4.74 Å². The fraction of sp³-hybridized carbons (Fsp3) is 0.400. The molecular formula is C15H17N3O. The number of hydrogen-bond acceptors (Lipinski definition) is 4. The average Bonchev–Trinajstić information content (AvgIpc) is 3.22. The molecule has 2 aromatic rings. The van der Waals surface area contributed by atoms with Gasteiger partial charge in [-0.1, -0.05) is 6.07 Å². The largest absolute Gasteiger partial charge is 0.477 e. The zero-order chi connectivity index (χ0) is 13.2. The Morgan fingerprint density at radius 1 is 1.16 bits per heavy atom. The van der Waals surface area contributed by atoms with Gasteiger partial charge in [0.1, 0.15) is 5.82 Å². The maximum Gasteiger partial charge on any atom is 0.224 e. The highest BCUT2D eigenvalue weighted by atomic mass is 16.5. The molecule has 0 amide bonds. The Bertz CT molecular complexity index is 576. The van der Waals surface area contributed by atoms with Crippen LogP contribution in [0.4, 0.5) is 0 Å². The molecule has 0 bridgehead atoms. The molecule has 4 heteroatoms. The summed E-state index contributed by atoms with van der Waals surface area (Å²) in [7, 11) is 0.